The number of alkyl halides is 2. The van der Waals surface area contributed by atoms with E-state index in [4.69, 9.17) is 4.74 Å². The molecular formula is C22H28F2N4O3. The second-order valence-electron chi connectivity index (χ2n) is 6.80. The van der Waals surface area contributed by atoms with Crippen molar-refractivity contribution < 1.29 is 23.0 Å². The van der Waals surface area contributed by atoms with E-state index < -0.39 is 6.61 Å². The van der Waals surface area contributed by atoms with E-state index in [9.17, 15) is 13.6 Å². The molecule has 2 rings (SSSR count). The number of ether oxygens (including phenoxy) is 2. The van der Waals surface area contributed by atoms with Gasteiger partial charge in [-0.3, -0.25) is 4.79 Å². The standard InChI is InChI=1S/C22H28F2N4O3/c1-5-25-22(26-13-15-6-8-16(9-7-15)20(29)28(2)3)27-14-17-12-18(30-4)10-11-19(17)31-21(23)24/h6-12,21H,5,13-14H2,1-4H3,(H2,25,26,27). The van der Waals surface area contributed by atoms with Gasteiger partial charge in [-0.25, -0.2) is 4.99 Å². The molecule has 168 valence electrons. The summed E-state index contributed by atoms with van der Waals surface area (Å²) in [5.41, 5.74) is 2.04. The lowest BCUT2D eigenvalue weighted by molar-refractivity contribution is -0.0505. The number of methoxy groups -OCH3 is 1. The summed E-state index contributed by atoms with van der Waals surface area (Å²) >= 11 is 0. The molecule has 2 aromatic rings. The predicted octanol–water partition coefficient (Wildman–Crippen LogP) is 3.25. The van der Waals surface area contributed by atoms with Gasteiger partial charge in [-0.2, -0.15) is 8.78 Å². The number of hydrogen-bond donors (Lipinski definition) is 2. The van der Waals surface area contributed by atoms with E-state index in [1.165, 1.54) is 18.1 Å². The quantitative estimate of drug-likeness (QED) is 0.468. The zero-order valence-electron chi connectivity index (χ0n) is 18.1. The molecule has 0 aliphatic heterocycles. The number of rotatable bonds is 9. The highest BCUT2D eigenvalue weighted by Gasteiger charge is 2.12. The Kier molecular flexibility index (Phi) is 9.05. The van der Waals surface area contributed by atoms with E-state index in [1.54, 1.807) is 38.4 Å². The van der Waals surface area contributed by atoms with Gasteiger partial charge >= 0.3 is 6.61 Å². The smallest absolute Gasteiger partial charge is 0.387 e. The molecule has 1 amide bonds. The van der Waals surface area contributed by atoms with E-state index in [0.29, 0.717) is 35.9 Å². The van der Waals surface area contributed by atoms with Gasteiger partial charge < -0.3 is 25.0 Å². The van der Waals surface area contributed by atoms with Crippen LogP contribution in [0.15, 0.2) is 47.5 Å². The Labute approximate surface area is 181 Å². The molecule has 0 aromatic heterocycles. The molecule has 7 nitrogen and oxygen atoms in total. The van der Waals surface area contributed by atoms with Gasteiger partial charge in [0.1, 0.15) is 11.5 Å². The number of hydrogen-bond acceptors (Lipinski definition) is 4. The van der Waals surface area contributed by atoms with Crippen molar-refractivity contribution in [3.8, 4) is 11.5 Å². The fourth-order valence-corrected chi connectivity index (χ4v) is 2.73. The highest BCUT2D eigenvalue weighted by atomic mass is 19.3. The fourth-order valence-electron chi connectivity index (χ4n) is 2.73. The Balaban J connectivity index is 2.09. The first kappa shape index (κ1) is 23.9. The Bertz CT molecular complexity index is 887. The van der Waals surface area contributed by atoms with Crippen molar-refractivity contribution in [1.82, 2.24) is 15.5 Å². The van der Waals surface area contributed by atoms with Crippen molar-refractivity contribution in [3.05, 3.63) is 59.2 Å². The Hall–Kier alpha value is -3.36. The average Bonchev–Trinajstić information content (AvgIpc) is 2.75. The van der Waals surface area contributed by atoms with Gasteiger partial charge in [0.25, 0.3) is 5.91 Å². The number of benzene rings is 2. The van der Waals surface area contributed by atoms with Gasteiger partial charge in [-0.1, -0.05) is 12.1 Å². The lowest BCUT2D eigenvalue weighted by atomic mass is 10.1. The summed E-state index contributed by atoms with van der Waals surface area (Å²) in [4.78, 5) is 18.0. The van der Waals surface area contributed by atoms with Crippen LogP contribution in [0, 0.1) is 0 Å². The van der Waals surface area contributed by atoms with Crippen LogP contribution in [-0.2, 0) is 13.1 Å². The second kappa shape index (κ2) is 11.7. The molecule has 2 N–H and O–H groups in total. The SMILES string of the molecule is CCNC(=NCc1ccc(C(=O)N(C)C)cc1)NCc1cc(OC)ccc1OC(F)F. The van der Waals surface area contributed by atoms with Crippen molar-refractivity contribution in [1.29, 1.82) is 0 Å². The van der Waals surface area contributed by atoms with Crippen LogP contribution in [0.2, 0.25) is 0 Å². The highest BCUT2D eigenvalue weighted by Crippen LogP contribution is 2.25. The maximum atomic E-state index is 12.7. The number of nitrogens with one attached hydrogen (secondary N) is 2. The Morgan fingerprint density at radius 2 is 1.84 bits per heavy atom. The first-order valence-corrected chi connectivity index (χ1v) is 9.78. The first-order valence-electron chi connectivity index (χ1n) is 9.78. The lowest BCUT2D eigenvalue weighted by Gasteiger charge is -2.15. The van der Waals surface area contributed by atoms with Crippen molar-refractivity contribution in [2.75, 3.05) is 27.7 Å². The van der Waals surface area contributed by atoms with Crippen molar-refractivity contribution in [3.63, 3.8) is 0 Å². The molecule has 0 aliphatic carbocycles. The Morgan fingerprint density at radius 3 is 2.42 bits per heavy atom. The minimum absolute atomic E-state index is 0.0647. The van der Waals surface area contributed by atoms with Crippen molar-refractivity contribution >= 4 is 11.9 Å². The maximum absolute atomic E-state index is 12.7. The number of amides is 1. The Morgan fingerprint density at radius 1 is 1.13 bits per heavy atom. The number of aliphatic imine (C=N–C) groups is 1. The minimum atomic E-state index is -2.92. The third-order valence-electron chi connectivity index (χ3n) is 4.30. The molecule has 0 heterocycles. The molecule has 0 fully saturated rings. The van der Waals surface area contributed by atoms with Crippen molar-refractivity contribution in [2.24, 2.45) is 4.99 Å². The van der Waals surface area contributed by atoms with E-state index in [0.717, 1.165) is 5.56 Å². The molecule has 0 atom stereocenters. The molecule has 0 saturated heterocycles. The largest absolute Gasteiger partial charge is 0.497 e. The van der Waals surface area contributed by atoms with E-state index >= 15 is 0 Å². The third-order valence-corrected chi connectivity index (χ3v) is 4.30. The number of halogens is 2. The zero-order valence-corrected chi connectivity index (χ0v) is 18.1. The minimum Gasteiger partial charge on any atom is -0.497 e. The van der Waals surface area contributed by atoms with Gasteiger partial charge in [-0.05, 0) is 42.8 Å². The third kappa shape index (κ3) is 7.44. The number of carbonyl (C=O) groups excluding carboxylic acids is 1. The molecule has 0 saturated carbocycles. The normalized spacial score (nSPS) is 11.3. The average molecular weight is 434 g/mol. The first-order chi connectivity index (χ1) is 14.8. The summed E-state index contributed by atoms with van der Waals surface area (Å²) in [6.07, 6.45) is 0. The van der Waals surface area contributed by atoms with Crippen LogP contribution in [0.1, 0.15) is 28.4 Å². The lowest BCUT2D eigenvalue weighted by Crippen LogP contribution is -2.36. The van der Waals surface area contributed by atoms with Gasteiger partial charge in [0.2, 0.25) is 0 Å². The van der Waals surface area contributed by atoms with Crippen LogP contribution in [0.25, 0.3) is 0 Å². The topological polar surface area (TPSA) is 75.2 Å². The van der Waals surface area contributed by atoms with Crippen molar-refractivity contribution in [2.45, 2.75) is 26.6 Å². The van der Waals surface area contributed by atoms with E-state index in [2.05, 4.69) is 20.4 Å². The summed E-state index contributed by atoms with van der Waals surface area (Å²) in [6, 6.07) is 11.9. The number of guanidine groups is 1. The molecule has 0 bridgehead atoms. The maximum Gasteiger partial charge on any atom is 0.387 e. The van der Waals surface area contributed by atoms with Crippen LogP contribution in [0.5, 0.6) is 11.5 Å². The van der Waals surface area contributed by atoms with Crippen LogP contribution < -0.4 is 20.1 Å². The van der Waals surface area contributed by atoms with Gasteiger partial charge in [0.05, 0.1) is 13.7 Å². The second-order valence-corrected chi connectivity index (χ2v) is 6.80. The highest BCUT2D eigenvalue weighted by molar-refractivity contribution is 5.93. The van der Waals surface area contributed by atoms with Crippen LogP contribution in [0.3, 0.4) is 0 Å². The molecule has 0 spiro atoms. The molecule has 31 heavy (non-hydrogen) atoms. The molecule has 0 radical (unpaired) electrons. The summed E-state index contributed by atoms with van der Waals surface area (Å²) in [5.74, 6) is 1.06. The summed E-state index contributed by atoms with van der Waals surface area (Å²) in [7, 11) is 4.91. The zero-order chi connectivity index (χ0) is 22.8. The van der Waals surface area contributed by atoms with Gasteiger partial charge in [0, 0.05) is 38.3 Å². The molecule has 2 aromatic carbocycles. The number of carbonyl (C=O) groups is 1. The van der Waals surface area contributed by atoms with E-state index in [1.807, 2.05) is 19.1 Å². The molecule has 0 aliphatic rings. The van der Waals surface area contributed by atoms with Gasteiger partial charge in [0.15, 0.2) is 5.96 Å². The van der Waals surface area contributed by atoms with Crippen LogP contribution in [-0.4, -0.2) is 51.1 Å². The van der Waals surface area contributed by atoms with Crippen LogP contribution >= 0.6 is 0 Å². The molecule has 9 heteroatoms. The molecule has 0 unspecified atom stereocenters. The number of nitrogens with zero attached hydrogens (tertiary/aromatic N) is 2. The summed E-state index contributed by atoms with van der Waals surface area (Å²) in [6.45, 7) is 0.221. The van der Waals surface area contributed by atoms with Gasteiger partial charge in [-0.15, -0.1) is 0 Å². The fraction of sp³-hybridized carbons (Fsp3) is 0.364. The van der Waals surface area contributed by atoms with Crippen LogP contribution in [0.4, 0.5) is 8.78 Å². The monoisotopic (exact) mass is 434 g/mol. The summed E-state index contributed by atoms with van der Waals surface area (Å²) in [5, 5.41) is 6.23. The molecular weight excluding hydrogens is 406 g/mol. The van der Waals surface area contributed by atoms with E-state index in [-0.39, 0.29) is 18.2 Å². The summed E-state index contributed by atoms with van der Waals surface area (Å²) < 4.78 is 35.2. The predicted molar refractivity (Wildman–Crippen MR) is 116 cm³/mol.